The van der Waals surface area contributed by atoms with Crippen LogP contribution in [0, 0.1) is 0 Å². The van der Waals surface area contributed by atoms with Crippen molar-refractivity contribution in [3.8, 4) is 0 Å². The Labute approximate surface area is 153 Å². The van der Waals surface area contributed by atoms with Gasteiger partial charge < -0.3 is 10.1 Å². The van der Waals surface area contributed by atoms with Crippen molar-refractivity contribution in [2.45, 2.75) is 19.4 Å². The predicted molar refractivity (Wildman–Crippen MR) is 98.1 cm³/mol. The van der Waals surface area contributed by atoms with Crippen LogP contribution in [0.3, 0.4) is 0 Å². The molecule has 0 aliphatic heterocycles. The number of aromatic nitrogens is 4. The fraction of sp³-hybridized carbons (Fsp3) is 0.294. The number of benzene rings is 1. The van der Waals surface area contributed by atoms with Gasteiger partial charge in [0, 0.05) is 7.05 Å². The van der Waals surface area contributed by atoms with Gasteiger partial charge >= 0.3 is 5.97 Å². The summed E-state index contributed by atoms with van der Waals surface area (Å²) >= 11 is 3.45. The van der Waals surface area contributed by atoms with Gasteiger partial charge in [-0.05, 0) is 28.4 Å². The van der Waals surface area contributed by atoms with Gasteiger partial charge in [-0.25, -0.2) is 14.6 Å². The van der Waals surface area contributed by atoms with Crippen LogP contribution in [-0.4, -0.2) is 32.3 Å². The summed E-state index contributed by atoms with van der Waals surface area (Å²) in [6, 6.07) is 9.47. The summed E-state index contributed by atoms with van der Waals surface area (Å²) in [6.45, 7) is 2.15. The van der Waals surface area contributed by atoms with E-state index in [2.05, 4.69) is 36.3 Å². The van der Waals surface area contributed by atoms with E-state index in [-0.39, 0.29) is 18.4 Å². The molecule has 3 rings (SSSR count). The predicted octanol–water partition coefficient (Wildman–Crippen LogP) is 3.23. The van der Waals surface area contributed by atoms with Crippen molar-refractivity contribution in [1.29, 1.82) is 0 Å². The van der Waals surface area contributed by atoms with Crippen LogP contribution in [0.1, 0.15) is 24.9 Å². The third kappa shape index (κ3) is 3.79. The van der Waals surface area contributed by atoms with Crippen LogP contribution in [0.25, 0.3) is 11.0 Å². The quantitative estimate of drug-likeness (QED) is 0.636. The molecular formula is C17H18BrN5O2. The standard InChI is InChI=1S/C17H18BrN5O2/c1-3-25-13(24)9-12(11-7-5-4-6-8-11)21-16-14-15(18)22-23(2)17(14)20-10-19-16/h4-8,10,12H,3,9H2,1-2H3,(H,19,20,21)/t12-/m0/s1. The largest absolute Gasteiger partial charge is 0.466 e. The van der Waals surface area contributed by atoms with Gasteiger partial charge in [0.1, 0.15) is 16.7 Å². The molecule has 0 amide bonds. The molecule has 0 saturated carbocycles. The van der Waals surface area contributed by atoms with E-state index in [1.165, 1.54) is 6.33 Å². The SMILES string of the molecule is CCOC(=O)C[C@H](Nc1ncnc2c1c(Br)nn2C)c1ccccc1. The fourth-order valence-corrected chi connectivity index (χ4v) is 3.24. The fourth-order valence-electron chi connectivity index (χ4n) is 2.64. The first-order valence-corrected chi connectivity index (χ1v) is 8.69. The number of carbonyl (C=O) groups is 1. The average Bonchev–Trinajstić information content (AvgIpc) is 2.90. The van der Waals surface area contributed by atoms with E-state index in [1.54, 1.807) is 11.6 Å². The number of aryl methyl sites for hydroxylation is 1. The highest BCUT2D eigenvalue weighted by atomic mass is 79.9. The highest BCUT2D eigenvalue weighted by Crippen LogP contribution is 2.30. The molecule has 0 bridgehead atoms. The van der Waals surface area contributed by atoms with Crippen molar-refractivity contribution >= 4 is 38.8 Å². The van der Waals surface area contributed by atoms with Gasteiger partial charge in [-0.1, -0.05) is 30.3 Å². The summed E-state index contributed by atoms with van der Waals surface area (Å²) < 4.78 is 7.43. The Hall–Kier alpha value is -2.48. The van der Waals surface area contributed by atoms with Crippen molar-refractivity contribution in [3.05, 3.63) is 46.8 Å². The Balaban J connectivity index is 1.97. The molecule has 8 heteroatoms. The lowest BCUT2D eigenvalue weighted by atomic mass is 10.0. The molecule has 0 aliphatic rings. The van der Waals surface area contributed by atoms with Gasteiger partial charge in [-0.2, -0.15) is 5.10 Å². The van der Waals surface area contributed by atoms with Crippen molar-refractivity contribution in [2.75, 3.05) is 11.9 Å². The van der Waals surface area contributed by atoms with Crippen molar-refractivity contribution in [2.24, 2.45) is 7.05 Å². The first kappa shape index (κ1) is 17.3. The summed E-state index contributed by atoms with van der Waals surface area (Å²) in [7, 11) is 1.82. The third-order valence-corrected chi connectivity index (χ3v) is 4.32. The first-order chi connectivity index (χ1) is 12.1. The van der Waals surface area contributed by atoms with Crippen LogP contribution in [0.2, 0.25) is 0 Å². The summed E-state index contributed by atoms with van der Waals surface area (Å²) in [6.07, 6.45) is 1.67. The Morgan fingerprint density at radius 3 is 2.80 bits per heavy atom. The molecule has 0 fully saturated rings. The molecule has 2 heterocycles. The molecule has 3 aromatic rings. The van der Waals surface area contributed by atoms with Crippen LogP contribution in [0.4, 0.5) is 5.82 Å². The van der Waals surface area contributed by atoms with Crippen LogP contribution < -0.4 is 5.32 Å². The number of halogens is 1. The summed E-state index contributed by atoms with van der Waals surface area (Å²) in [5.41, 5.74) is 1.68. The number of nitrogens with zero attached hydrogens (tertiary/aromatic N) is 4. The van der Waals surface area contributed by atoms with Gasteiger partial charge in [-0.3, -0.25) is 4.79 Å². The first-order valence-electron chi connectivity index (χ1n) is 7.90. The molecule has 130 valence electrons. The molecule has 1 N–H and O–H groups in total. The van der Waals surface area contributed by atoms with Gasteiger partial charge in [0.15, 0.2) is 5.65 Å². The highest BCUT2D eigenvalue weighted by Gasteiger charge is 2.20. The number of nitrogens with one attached hydrogen (secondary N) is 1. The maximum atomic E-state index is 12.0. The monoisotopic (exact) mass is 403 g/mol. The number of anilines is 1. The van der Waals surface area contributed by atoms with Crippen molar-refractivity contribution in [3.63, 3.8) is 0 Å². The van der Waals surface area contributed by atoms with Crippen molar-refractivity contribution in [1.82, 2.24) is 19.7 Å². The number of esters is 1. The zero-order valence-electron chi connectivity index (χ0n) is 13.9. The number of fused-ring (bicyclic) bond motifs is 1. The molecule has 7 nitrogen and oxygen atoms in total. The lowest BCUT2D eigenvalue weighted by Gasteiger charge is -2.19. The summed E-state index contributed by atoms with van der Waals surface area (Å²) in [4.78, 5) is 20.6. The molecule has 0 aliphatic carbocycles. The Bertz CT molecular complexity index is 881. The molecule has 25 heavy (non-hydrogen) atoms. The lowest BCUT2D eigenvalue weighted by Crippen LogP contribution is -2.18. The topological polar surface area (TPSA) is 81.9 Å². The molecule has 1 atom stereocenters. The van der Waals surface area contributed by atoms with E-state index in [9.17, 15) is 4.79 Å². The number of hydrogen-bond donors (Lipinski definition) is 1. The van der Waals surface area contributed by atoms with Crippen LogP contribution in [0.5, 0.6) is 0 Å². The molecule has 1 aromatic carbocycles. The van der Waals surface area contributed by atoms with Crippen LogP contribution >= 0.6 is 15.9 Å². The third-order valence-electron chi connectivity index (χ3n) is 3.77. The van der Waals surface area contributed by atoms with Gasteiger partial charge in [0.2, 0.25) is 0 Å². The minimum Gasteiger partial charge on any atom is -0.466 e. The number of ether oxygens (including phenoxy) is 1. The Kier molecular flexibility index (Phi) is 5.28. The zero-order valence-corrected chi connectivity index (χ0v) is 15.5. The molecule has 2 aromatic heterocycles. The Morgan fingerprint density at radius 1 is 1.32 bits per heavy atom. The highest BCUT2D eigenvalue weighted by molar-refractivity contribution is 9.10. The Morgan fingerprint density at radius 2 is 2.08 bits per heavy atom. The van der Waals surface area contributed by atoms with E-state index in [0.29, 0.717) is 22.7 Å². The van der Waals surface area contributed by atoms with Gasteiger partial charge in [0.05, 0.1) is 24.5 Å². The molecular weight excluding hydrogens is 386 g/mol. The second-order valence-electron chi connectivity index (χ2n) is 5.45. The van der Waals surface area contributed by atoms with Crippen LogP contribution in [0.15, 0.2) is 41.3 Å². The van der Waals surface area contributed by atoms with E-state index < -0.39 is 0 Å². The average molecular weight is 404 g/mol. The van der Waals surface area contributed by atoms with Crippen LogP contribution in [-0.2, 0) is 16.6 Å². The smallest absolute Gasteiger partial charge is 0.308 e. The summed E-state index contributed by atoms with van der Waals surface area (Å²) in [5, 5.41) is 8.44. The van der Waals surface area contributed by atoms with Gasteiger partial charge in [-0.15, -0.1) is 0 Å². The summed E-state index contributed by atoms with van der Waals surface area (Å²) in [5.74, 6) is 0.350. The second kappa shape index (κ2) is 7.60. The lowest BCUT2D eigenvalue weighted by molar-refractivity contribution is -0.143. The van der Waals surface area contributed by atoms with E-state index in [4.69, 9.17) is 4.74 Å². The number of rotatable bonds is 6. The molecule has 0 radical (unpaired) electrons. The molecule has 0 saturated heterocycles. The minimum absolute atomic E-state index is 0.196. The van der Waals surface area contributed by atoms with Gasteiger partial charge in [0.25, 0.3) is 0 Å². The normalized spacial score (nSPS) is 12.1. The zero-order chi connectivity index (χ0) is 17.8. The van der Waals surface area contributed by atoms with E-state index in [1.807, 2.05) is 37.4 Å². The maximum absolute atomic E-state index is 12.0. The number of hydrogen-bond acceptors (Lipinski definition) is 6. The molecule has 0 spiro atoms. The van der Waals surface area contributed by atoms with E-state index in [0.717, 1.165) is 10.9 Å². The minimum atomic E-state index is -0.273. The van der Waals surface area contributed by atoms with E-state index >= 15 is 0 Å². The second-order valence-corrected chi connectivity index (χ2v) is 6.20. The molecule has 0 unspecified atom stereocenters. The number of carbonyl (C=O) groups excluding carboxylic acids is 1. The maximum Gasteiger partial charge on any atom is 0.308 e. The van der Waals surface area contributed by atoms with Crippen molar-refractivity contribution < 1.29 is 9.53 Å².